The van der Waals surface area contributed by atoms with E-state index in [4.69, 9.17) is 5.73 Å². The van der Waals surface area contributed by atoms with Gasteiger partial charge in [0, 0.05) is 18.3 Å². The van der Waals surface area contributed by atoms with Crippen LogP contribution in [0.25, 0.3) is 11.1 Å². The predicted molar refractivity (Wildman–Crippen MR) is 177 cm³/mol. The largest absolute Gasteiger partial charge is 0.385 e. The van der Waals surface area contributed by atoms with Crippen LogP contribution in [0.5, 0.6) is 0 Å². The normalized spacial score (nSPS) is 14.0. The van der Waals surface area contributed by atoms with Gasteiger partial charge in [0.15, 0.2) is 0 Å². The van der Waals surface area contributed by atoms with Gasteiger partial charge in [-0.15, -0.1) is 0 Å². The number of fused-ring (bicyclic) bond motifs is 3. The minimum absolute atomic E-state index is 0.0851. The summed E-state index contributed by atoms with van der Waals surface area (Å²) >= 11 is 0. The molecule has 0 amide bonds. The lowest BCUT2D eigenvalue weighted by molar-refractivity contribution is 0.581. The van der Waals surface area contributed by atoms with Gasteiger partial charge < -0.3 is 11.1 Å². The molecule has 0 spiro atoms. The van der Waals surface area contributed by atoms with Crippen LogP contribution in [0.4, 0.5) is 5.69 Å². The van der Waals surface area contributed by atoms with E-state index < -0.39 is 0 Å². The van der Waals surface area contributed by atoms with Crippen molar-refractivity contribution in [2.75, 3.05) is 11.9 Å². The fraction of sp³-hybridized carbons (Fsp3) is 0.385. The quantitative estimate of drug-likeness (QED) is 0.145. The summed E-state index contributed by atoms with van der Waals surface area (Å²) in [6, 6.07) is 32.6. The Balaban J connectivity index is 1.60. The lowest BCUT2D eigenvalue weighted by atomic mass is 9.67. The molecular formula is C39H48N2. The highest BCUT2D eigenvalue weighted by Crippen LogP contribution is 2.56. The molecular weight excluding hydrogens is 496 g/mol. The zero-order valence-corrected chi connectivity index (χ0v) is 25.6. The Hall–Kier alpha value is -3.36. The number of nitrogens with one attached hydrogen (secondary N) is 1. The minimum atomic E-state index is -0.382. The number of hydrogen-bond donors (Lipinski definition) is 2. The van der Waals surface area contributed by atoms with E-state index in [1.165, 1.54) is 101 Å². The molecule has 4 aromatic rings. The molecule has 5 rings (SSSR count). The maximum Gasteiger partial charge on any atom is 0.0713 e. The third-order valence-electron chi connectivity index (χ3n) is 9.02. The van der Waals surface area contributed by atoms with Gasteiger partial charge in [-0.1, -0.05) is 136 Å². The van der Waals surface area contributed by atoms with Gasteiger partial charge in [-0.2, -0.15) is 0 Å². The molecule has 1 atom stereocenters. The first-order chi connectivity index (χ1) is 20.0. The van der Waals surface area contributed by atoms with Crippen molar-refractivity contribution < 1.29 is 0 Å². The van der Waals surface area contributed by atoms with E-state index in [1.807, 2.05) is 0 Å². The highest BCUT2D eigenvalue weighted by molar-refractivity contribution is 5.86. The lowest BCUT2D eigenvalue weighted by Crippen LogP contribution is -2.29. The molecule has 1 aliphatic carbocycles. The standard InChI is InChI=1S/C39H48N2/c1-5-7-9-11-25-41-33-21-19-32(20-22-33)39(31-17-15-30(16-18-31)38(40)12-10-8-6-2)36-26-28(3)13-23-34(36)35-24-14-29(4)27-37(35)39/h13-24,26-27,38,41H,5-12,25,40H2,1-4H3. The molecule has 4 aromatic carbocycles. The molecule has 2 nitrogen and oxygen atoms in total. The molecule has 3 N–H and O–H groups in total. The van der Waals surface area contributed by atoms with Crippen LogP contribution in [-0.2, 0) is 5.41 Å². The Labute approximate surface area is 248 Å². The summed E-state index contributed by atoms with van der Waals surface area (Å²) in [6.45, 7) is 9.96. The Morgan fingerprint density at radius 3 is 1.73 bits per heavy atom. The summed E-state index contributed by atoms with van der Waals surface area (Å²) in [5.74, 6) is 0. The van der Waals surface area contributed by atoms with Gasteiger partial charge in [0.2, 0.25) is 0 Å². The van der Waals surface area contributed by atoms with Gasteiger partial charge in [0.05, 0.1) is 5.41 Å². The van der Waals surface area contributed by atoms with E-state index in [0.717, 1.165) is 13.0 Å². The van der Waals surface area contributed by atoms with Gasteiger partial charge in [-0.05, 0) is 77.8 Å². The zero-order valence-electron chi connectivity index (χ0n) is 25.6. The summed E-state index contributed by atoms with van der Waals surface area (Å²) in [7, 11) is 0. The molecule has 0 fully saturated rings. The zero-order chi connectivity index (χ0) is 28.8. The number of rotatable bonds is 13. The van der Waals surface area contributed by atoms with Crippen LogP contribution in [0.15, 0.2) is 84.9 Å². The highest BCUT2D eigenvalue weighted by atomic mass is 14.9. The molecule has 0 saturated carbocycles. The molecule has 2 heteroatoms. The third-order valence-corrected chi connectivity index (χ3v) is 9.02. The van der Waals surface area contributed by atoms with Crippen LogP contribution < -0.4 is 11.1 Å². The van der Waals surface area contributed by atoms with Gasteiger partial charge in [-0.3, -0.25) is 0 Å². The fourth-order valence-electron chi connectivity index (χ4n) is 6.72. The first-order valence-electron chi connectivity index (χ1n) is 15.9. The summed E-state index contributed by atoms with van der Waals surface area (Å²) in [5.41, 5.74) is 19.3. The van der Waals surface area contributed by atoms with Gasteiger partial charge in [-0.25, -0.2) is 0 Å². The van der Waals surface area contributed by atoms with Crippen molar-refractivity contribution in [1.82, 2.24) is 0 Å². The van der Waals surface area contributed by atoms with Crippen LogP contribution in [0.1, 0.15) is 110 Å². The van der Waals surface area contributed by atoms with Crippen molar-refractivity contribution in [3.63, 3.8) is 0 Å². The molecule has 0 aliphatic heterocycles. The Morgan fingerprint density at radius 2 is 1.17 bits per heavy atom. The Bertz CT molecular complexity index is 1380. The number of benzene rings is 4. The van der Waals surface area contributed by atoms with E-state index in [9.17, 15) is 0 Å². The maximum absolute atomic E-state index is 6.65. The first-order valence-corrected chi connectivity index (χ1v) is 15.9. The number of aryl methyl sites for hydroxylation is 2. The van der Waals surface area contributed by atoms with E-state index >= 15 is 0 Å². The molecule has 214 valence electrons. The van der Waals surface area contributed by atoms with Crippen molar-refractivity contribution in [2.45, 2.75) is 90.5 Å². The second-order valence-corrected chi connectivity index (χ2v) is 12.1. The van der Waals surface area contributed by atoms with Crippen LogP contribution in [-0.4, -0.2) is 6.54 Å². The van der Waals surface area contributed by atoms with Crippen LogP contribution in [0, 0.1) is 13.8 Å². The number of anilines is 1. The minimum Gasteiger partial charge on any atom is -0.385 e. The van der Waals surface area contributed by atoms with Crippen LogP contribution >= 0.6 is 0 Å². The van der Waals surface area contributed by atoms with Crippen molar-refractivity contribution >= 4 is 5.69 Å². The summed E-state index contributed by atoms with van der Waals surface area (Å²) < 4.78 is 0. The van der Waals surface area contributed by atoms with Crippen LogP contribution in [0.3, 0.4) is 0 Å². The first kappa shape index (κ1) is 29.1. The van der Waals surface area contributed by atoms with Gasteiger partial charge in [0.25, 0.3) is 0 Å². The molecule has 41 heavy (non-hydrogen) atoms. The number of unbranched alkanes of at least 4 members (excludes halogenated alkanes) is 5. The monoisotopic (exact) mass is 544 g/mol. The van der Waals surface area contributed by atoms with Gasteiger partial charge in [0.1, 0.15) is 0 Å². The van der Waals surface area contributed by atoms with E-state index in [1.54, 1.807) is 0 Å². The molecule has 0 bridgehead atoms. The maximum atomic E-state index is 6.65. The van der Waals surface area contributed by atoms with E-state index in [2.05, 4.69) is 118 Å². The second-order valence-electron chi connectivity index (χ2n) is 12.1. The molecule has 1 aliphatic rings. The van der Waals surface area contributed by atoms with Crippen molar-refractivity contribution in [3.8, 4) is 11.1 Å². The molecule has 0 heterocycles. The Kier molecular flexibility index (Phi) is 9.30. The van der Waals surface area contributed by atoms with E-state index in [0.29, 0.717) is 0 Å². The average molecular weight is 545 g/mol. The lowest BCUT2D eigenvalue weighted by Gasteiger charge is -2.34. The number of hydrogen-bond acceptors (Lipinski definition) is 2. The fourth-order valence-corrected chi connectivity index (χ4v) is 6.72. The third kappa shape index (κ3) is 5.86. The average Bonchev–Trinajstić information content (AvgIpc) is 3.26. The topological polar surface area (TPSA) is 38.0 Å². The molecule has 1 unspecified atom stereocenters. The molecule has 0 radical (unpaired) electrons. The summed E-state index contributed by atoms with van der Waals surface area (Å²) in [6.07, 6.45) is 9.76. The number of nitrogens with two attached hydrogens (primary N) is 1. The molecule has 0 aromatic heterocycles. The second kappa shape index (κ2) is 13.1. The van der Waals surface area contributed by atoms with Crippen molar-refractivity contribution in [2.24, 2.45) is 5.73 Å². The summed E-state index contributed by atoms with van der Waals surface area (Å²) in [5, 5.41) is 3.66. The SMILES string of the molecule is CCCCCCNc1ccc(C2(c3ccc(C(N)CCCCC)cc3)c3cc(C)ccc3-c3ccc(C)cc32)cc1. The Morgan fingerprint density at radius 1 is 0.634 bits per heavy atom. The van der Waals surface area contributed by atoms with Crippen LogP contribution in [0.2, 0.25) is 0 Å². The van der Waals surface area contributed by atoms with E-state index in [-0.39, 0.29) is 11.5 Å². The summed E-state index contributed by atoms with van der Waals surface area (Å²) in [4.78, 5) is 0. The predicted octanol–water partition coefficient (Wildman–Crippen LogP) is 10.2. The van der Waals surface area contributed by atoms with Gasteiger partial charge >= 0.3 is 0 Å². The smallest absolute Gasteiger partial charge is 0.0713 e. The molecule has 0 saturated heterocycles. The van der Waals surface area contributed by atoms with Crippen molar-refractivity contribution in [3.05, 3.63) is 124 Å². The van der Waals surface area contributed by atoms with Crippen molar-refractivity contribution in [1.29, 1.82) is 0 Å². The highest BCUT2D eigenvalue weighted by Gasteiger charge is 2.46.